The fourth-order valence-corrected chi connectivity index (χ4v) is 4.08. The molecule has 2 aromatic rings. The fraction of sp³-hybridized carbons (Fsp3) is 0.316. The summed E-state index contributed by atoms with van der Waals surface area (Å²) in [6.07, 6.45) is 1.62. The van der Waals surface area contributed by atoms with E-state index in [1.165, 1.54) is 0 Å². The van der Waals surface area contributed by atoms with Crippen LogP contribution in [0.1, 0.15) is 18.4 Å². The molecule has 0 unspecified atom stereocenters. The summed E-state index contributed by atoms with van der Waals surface area (Å²) in [4.78, 5) is 12.6. The molecule has 1 saturated heterocycles. The summed E-state index contributed by atoms with van der Waals surface area (Å²) >= 11 is 0. The van der Waals surface area contributed by atoms with Crippen molar-refractivity contribution in [3.05, 3.63) is 54.1 Å². The third-order valence-corrected chi connectivity index (χ3v) is 5.89. The summed E-state index contributed by atoms with van der Waals surface area (Å²) in [6.45, 7) is 3.50. The van der Waals surface area contributed by atoms with E-state index in [9.17, 15) is 13.2 Å². The zero-order chi connectivity index (χ0) is 18.6. The van der Waals surface area contributed by atoms with Crippen LogP contribution in [-0.2, 0) is 14.8 Å². The molecule has 138 valence electrons. The smallest absolute Gasteiger partial charge is 0.261 e. The molecule has 0 atom stereocenters. The van der Waals surface area contributed by atoms with Gasteiger partial charge in [0.15, 0.2) is 0 Å². The molecular weight excluding hydrogens is 350 g/mol. The Labute approximate surface area is 154 Å². The van der Waals surface area contributed by atoms with Crippen LogP contribution in [0.5, 0.6) is 0 Å². The number of benzene rings is 2. The van der Waals surface area contributed by atoms with E-state index in [0.29, 0.717) is 11.4 Å². The Bertz CT molecular complexity index is 876. The van der Waals surface area contributed by atoms with Gasteiger partial charge in [0.1, 0.15) is 0 Å². The van der Waals surface area contributed by atoms with Crippen molar-refractivity contribution in [2.45, 2.75) is 24.7 Å². The van der Waals surface area contributed by atoms with E-state index in [-0.39, 0.29) is 16.7 Å². The van der Waals surface area contributed by atoms with E-state index in [1.807, 2.05) is 6.92 Å². The Morgan fingerprint density at radius 1 is 1.08 bits per heavy atom. The highest BCUT2D eigenvalue weighted by molar-refractivity contribution is 7.92. The number of carbonyl (C=O) groups is 1. The Morgan fingerprint density at radius 3 is 2.46 bits per heavy atom. The number of sulfonamides is 1. The molecule has 1 aliphatic rings. The average molecular weight is 373 g/mol. The largest absolute Gasteiger partial charge is 0.326 e. The number of anilines is 2. The lowest BCUT2D eigenvalue weighted by Crippen LogP contribution is -2.34. The summed E-state index contributed by atoms with van der Waals surface area (Å²) in [6, 6.07) is 13.4. The van der Waals surface area contributed by atoms with Gasteiger partial charge in [-0.3, -0.25) is 9.52 Å². The number of amides is 1. The highest BCUT2D eigenvalue weighted by Gasteiger charge is 2.21. The first kappa shape index (κ1) is 18.4. The van der Waals surface area contributed by atoms with E-state index >= 15 is 0 Å². The van der Waals surface area contributed by atoms with Crippen LogP contribution < -0.4 is 15.4 Å². The molecule has 1 amide bonds. The first-order valence-electron chi connectivity index (χ1n) is 8.66. The molecule has 1 fully saturated rings. The number of piperidine rings is 1. The van der Waals surface area contributed by atoms with Crippen LogP contribution >= 0.6 is 0 Å². The van der Waals surface area contributed by atoms with Crippen LogP contribution in [0.15, 0.2) is 53.4 Å². The van der Waals surface area contributed by atoms with Crippen LogP contribution in [0.4, 0.5) is 11.4 Å². The lowest BCUT2D eigenvalue weighted by molar-refractivity contribution is -0.120. The zero-order valence-electron chi connectivity index (χ0n) is 14.7. The maximum absolute atomic E-state index is 12.5. The SMILES string of the molecule is Cc1ccc(NC(=O)C2CCNCC2)cc1NS(=O)(=O)c1ccccc1. The van der Waals surface area contributed by atoms with E-state index < -0.39 is 10.0 Å². The monoisotopic (exact) mass is 373 g/mol. The third-order valence-electron chi connectivity index (χ3n) is 4.51. The minimum absolute atomic E-state index is 0.0120. The van der Waals surface area contributed by atoms with Gasteiger partial charge in [-0.25, -0.2) is 8.42 Å². The van der Waals surface area contributed by atoms with Crippen molar-refractivity contribution in [3.8, 4) is 0 Å². The van der Waals surface area contributed by atoms with Crippen LogP contribution in [0.3, 0.4) is 0 Å². The summed E-state index contributed by atoms with van der Waals surface area (Å²) in [5.74, 6) is -0.0331. The van der Waals surface area contributed by atoms with Crippen molar-refractivity contribution in [1.29, 1.82) is 0 Å². The summed E-state index contributed by atoms with van der Waals surface area (Å²) < 4.78 is 27.7. The number of aryl methyl sites for hydroxylation is 1. The summed E-state index contributed by atoms with van der Waals surface area (Å²) in [5.41, 5.74) is 1.83. The minimum Gasteiger partial charge on any atom is -0.326 e. The Balaban J connectivity index is 1.76. The topological polar surface area (TPSA) is 87.3 Å². The first-order chi connectivity index (χ1) is 12.5. The second-order valence-corrected chi connectivity index (χ2v) is 8.14. The van der Waals surface area contributed by atoms with Gasteiger partial charge in [0, 0.05) is 11.6 Å². The minimum atomic E-state index is -3.67. The Kier molecular flexibility index (Phi) is 5.58. The molecule has 3 N–H and O–H groups in total. The second kappa shape index (κ2) is 7.88. The molecule has 26 heavy (non-hydrogen) atoms. The van der Waals surface area contributed by atoms with Gasteiger partial charge in [-0.2, -0.15) is 0 Å². The highest BCUT2D eigenvalue weighted by Crippen LogP contribution is 2.24. The molecule has 0 radical (unpaired) electrons. The Morgan fingerprint density at radius 2 is 1.77 bits per heavy atom. The Hall–Kier alpha value is -2.38. The number of nitrogens with one attached hydrogen (secondary N) is 3. The standard InChI is InChI=1S/C19H23N3O3S/c1-14-7-8-16(21-19(23)15-9-11-20-12-10-15)13-18(14)22-26(24,25)17-5-3-2-4-6-17/h2-8,13,15,20,22H,9-12H2,1H3,(H,21,23). The molecule has 6 nitrogen and oxygen atoms in total. The number of hydrogen-bond donors (Lipinski definition) is 3. The second-order valence-electron chi connectivity index (χ2n) is 6.46. The van der Waals surface area contributed by atoms with Crippen molar-refractivity contribution in [1.82, 2.24) is 5.32 Å². The van der Waals surface area contributed by atoms with Gasteiger partial charge in [-0.15, -0.1) is 0 Å². The number of hydrogen-bond acceptors (Lipinski definition) is 4. The normalized spacial score (nSPS) is 15.4. The van der Waals surface area contributed by atoms with Gasteiger partial charge in [-0.05, 0) is 62.7 Å². The van der Waals surface area contributed by atoms with E-state index in [2.05, 4.69) is 15.4 Å². The summed E-state index contributed by atoms with van der Waals surface area (Å²) in [7, 11) is -3.67. The zero-order valence-corrected chi connectivity index (χ0v) is 15.5. The van der Waals surface area contributed by atoms with Crippen molar-refractivity contribution >= 4 is 27.3 Å². The number of rotatable bonds is 5. The highest BCUT2D eigenvalue weighted by atomic mass is 32.2. The lowest BCUT2D eigenvalue weighted by Gasteiger charge is -2.22. The van der Waals surface area contributed by atoms with Crippen LogP contribution in [-0.4, -0.2) is 27.4 Å². The van der Waals surface area contributed by atoms with Gasteiger partial charge in [-0.1, -0.05) is 24.3 Å². The van der Waals surface area contributed by atoms with Gasteiger partial charge >= 0.3 is 0 Å². The van der Waals surface area contributed by atoms with Crippen LogP contribution in [0.25, 0.3) is 0 Å². The third kappa shape index (κ3) is 4.42. The molecule has 0 aliphatic carbocycles. The van der Waals surface area contributed by atoms with Gasteiger partial charge < -0.3 is 10.6 Å². The molecule has 0 saturated carbocycles. The van der Waals surface area contributed by atoms with E-state index in [0.717, 1.165) is 31.5 Å². The van der Waals surface area contributed by atoms with Gasteiger partial charge in [0.25, 0.3) is 10.0 Å². The predicted octanol–water partition coefficient (Wildman–Crippen LogP) is 2.73. The maximum Gasteiger partial charge on any atom is 0.261 e. The lowest BCUT2D eigenvalue weighted by atomic mass is 9.97. The number of carbonyl (C=O) groups excluding carboxylic acids is 1. The maximum atomic E-state index is 12.5. The molecule has 0 spiro atoms. The van der Waals surface area contributed by atoms with Gasteiger partial charge in [0.05, 0.1) is 10.6 Å². The first-order valence-corrected chi connectivity index (χ1v) is 10.1. The molecule has 0 bridgehead atoms. The predicted molar refractivity (Wildman–Crippen MR) is 103 cm³/mol. The molecule has 0 aromatic heterocycles. The van der Waals surface area contributed by atoms with Crippen molar-refractivity contribution < 1.29 is 13.2 Å². The quantitative estimate of drug-likeness (QED) is 0.752. The summed E-state index contributed by atoms with van der Waals surface area (Å²) in [5, 5.41) is 6.14. The molecular formula is C19H23N3O3S. The molecule has 3 rings (SSSR count). The van der Waals surface area contributed by atoms with E-state index in [1.54, 1.807) is 48.5 Å². The van der Waals surface area contributed by atoms with Crippen LogP contribution in [0.2, 0.25) is 0 Å². The molecule has 2 aromatic carbocycles. The van der Waals surface area contributed by atoms with Crippen molar-refractivity contribution in [2.75, 3.05) is 23.1 Å². The van der Waals surface area contributed by atoms with Crippen molar-refractivity contribution in [2.24, 2.45) is 5.92 Å². The average Bonchev–Trinajstić information content (AvgIpc) is 2.66. The fourth-order valence-electron chi connectivity index (χ4n) is 2.94. The van der Waals surface area contributed by atoms with Crippen molar-refractivity contribution in [3.63, 3.8) is 0 Å². The van der Waals surface area contributed by atoms with E-state index in [4.69, 9.17) is 0 Å². The van der Waals surface area contributed by atoms with Crippen LogP contribution in [0, 0.1) is 12.8 Å². The molecule has 1 aliphatic heterocycles. The molecule has 7 heteroatoms. The molecule has 1 heterocycles. The van der Waals surface area contributed by atoms with Gasteiger partial charge in [0.2, 0.25) is 5.91 Å².